The zero-order chi connectivity index (χ0) is 25.4. The van der Waals surface area contributed by atoms with Crippen LogP contribution in [-0.4, -0.2) is 46.3 Å². The Morgan fingerprint density at radius 1 is 1.33 bits per heavy atom. The van der Waals surface area contributed by atoms with Crippen LogP contribution in [0.5, 0.6) is 0 Å². The van der Waals surface area contributed by atoms with Crippen LogP contribution in [0.4, 0.5) is 15.8 Å². The molecule has 9 heteroatoms. The summed E-state index contributed by atoms with van der Waals surface area (Å²) in [5.74, 6) is -0.840. The molecule has 3 N–H and O–H groups in total. The van der Waals surface area contributed by atoms with Gasteiger partial charge in [0.15, 0.2) is 5.82 Å². The smallest absolute Gasteiger partial charge is 0.255 e. The molecule has 2 aromatic heterocycles. The minimum Gasteiger partial charge on any atom is -0.355 e. The van der Waals surface area contributed by atoms with E-state index in [1.165, 1.54) is 12.3 Å². The number of H-pyrrole nitrogens is 1. The van der Waals surface area contributed by atoms with Crippen LogP contribution in [0.15, 0.2) is 49.3 Å². The van der Waals surface area contributed by atoms with Crippen LogP contribution in [-0.2, 0) is 16.6 Å². The number of rotatable bonds is 5. The number of nitrogens with zero attached hydrogens (tertiary/aromatic N) is 2. The predicted molar refractivity (Wildman–Crippen MR) is 138 cm³/mol. The second-order valence-corrected chi connectivity index (χ2v) is 9.62. The first-order valence-corrected chi connectivity index (χ1v) is 12.4. The van der Waals surface area contributed by atoms with Gasteiger partial charge in [-0.15, -0.1) is 0 Å². The van der Waals surface area contributed by atoms with Gasteiger partial charge in [0.1, 0.15) is 0 Å². The molecule has 2 aliphatic heterocycles. The third-order valence-corrected chi connectivity index (χ3v) is 7.68. The molecule has 2 amide bonds. The van der Waals surface area contributed by atoms with Crippen molar-refractivity contribution in [2.75, 3.05) is 25.0 Å². The molecule has 0 atom stereocenters. The Morgan fingerprint density at radius 2 is 2.11 bits per heavy atom. The molecule has 0 bridgehead atoms. The maximum absolute atomic E-state index is 15.0. The van der Waals surface area contributed by atoms with Crippen LogP contribution in [0.3, 0.4) is 0 Å². The fourth-order valence-corrected chi connectivity index (χ4v) is 5.64. The number of likely N-dealkylation sites (tertiary alicyclic amines) is 1. The van der Waals surface area contributed by atoms with Crippen LogP contribution < -0.4 is 10.6 Å². The summed E-state index contributed by atoms with van der Waals surface area (Å²) in [4.78, 5) is 34.6. The lowest BCUT2D eigenvalue weighted by molar-refractivity contribution is -0.127. The van der Waals surface area contributed by atoms with Crippen molar-refractivity contribution in [2.24, 2.45) is 0 Å². The summed E-state index contributed by atoms with van der Waals surface area (Å²) in [6.45, 7) is 7.10. The number of aromatic nitrogens is 2. The molecule has 7 nitrogen and oxygen atoms in total. The molecule has 1 fully saturated rings. The first-order chi connectivity index (χ1) is 17.4. The molecule has 36 heavy (non-hydrogen) atoms. The van der Waals surface area contributed by atoms with Gasteiger partial charge in [0.2, 0.25) is 5.91 Å². The summed E-state index contributed by atoms with van der Waals surface area (Å²) in [5, 5.41) is 7.08. The van der Waals surface area contributed by atoms with E-state index in [0.717, 1.165) is 23.1 Å². The normalized spacial score (nSPS) is 16.4. The van der Waals surface area contributed by atoms with Crippen molar-refractivity contribution < 1.29 is 14.0 Å². The van der Waals surface area contributed by atoms with E-state index in [1.54, 1.807) is 11.0 Å². The van der Waals surface area contributed by atoms with Gasteiger partial charge in [-0.25, -0.2) is 4.39 Å². The van der Waals surface area contributed by atoms with Gasteiger partial charge in [-0.3, -0.25) is 14.6 Å². The summed E-state index contributed by atoms with van der Waals surface area (Å²) < 4.78 is 15.0. The Labute approximate surface area is 213 Å². The van der Waals surface area contributed by atoms with Crippen LogP contribution in [0.25, 0.3) is 11.3 Å². The number of pyridine rings is 1. The number of amides is 2. The van der Waals surface area contributed by atoms with Gasteiger partial charge < -0.3 is 20.5 Å². The lowest BCUT2D eigenvalue weighted by atomic mass is 9.72. The van der Waals surface area contributed by atoms with Crippen molar-refractivity contribution in [1.82, 2.24) is 20.2 Å². The summed E-state index contributed by atoms with van der Waals surface area (Å²) >= 11 is 6.46. The monoisotopic (exact) mass is 507 g/mol. The van der Waals surface area contributed by atoms with Crippen molar-refractivity contribution in [3.63, 3.8) is 0 Å². The number of hydrogen-bond acceptors (Lipinski definition) is 4. The van der Waals surface area contributed by atoms with Crippen LogP contribution in [0.1, 0.15) is 41.4 Å². The van der Waals surface area contributed by atoms with Gasteiger partial charge in [0, 0.05) is 53.2 Å². The number of aromatic amines is 1. The van der Waals surface area contributed by atoms with E-state index in [1.807, 2.05) is 25.1 Å². The summed E-state index contributed by atoms with van der Waals surface area (Å²) in [6.07, 6.45) is 5.98. The van der Waals surface area contributed by atoms with E-state index in [4.69, 9.17) is 11.6 Å². The number of benzene rings is 1. The number of halogens is 2. The summed E-state index contributed by atoms with van der Waals surface area (Å²) in [7, 11) is 0. The first kappa shape index (κ1) is 24.1. The molecule has 4 heterocycles. The minimum atomic E-state index is -0.498. The molecule has 0 unspecified atom stereocenters. The maximum Gasteiger partial charge on any atom is 0.255 e. The van der Waals surface area contributed by atoms with Crippen molar-refractivity contribution in [3.8, 4) is 11.3 Å². The molecule has 186 valence electrons. The third kappa shape index (κ3) is 3.95. The number of hydrogen-bond donors (Lipinski definition) is 3. The SMILES string of the molecule is C=CC(=O)N1CCC2(CC1)CNC(=O)c1c2[nH]c(-c2ccncc2F)c1Nc1cccc(Cl)c1CC. The quantitative estimate of drug-likeness (QED) is 0.425. The van der Waals surface area contributed by atoms with Gasteiger partial charge in [0.05, 0.1) is 23.1 Å². The predicted octanol–water partition coefficient (Wildman–Crippen LogP) is 4.96. The van der Waals surface area contributed by atoms with Crippen LogP contribution >= 0.6 is 11.6 Å². The van der Waals surface area contributed by atoms with Crippen molar-refractivity contribution in [3.05, 3.63) is 77.0 Å². The number of nitrogens with one attached hydrogen (secondary N) is 3. The second kappa shape index (κ2) is 9.43. The summed E-state index contributed by atoms with van der Waals surface area (Å²) in [6, 6.07) is 7.14. The van der Waals surface area contributed by atoms with Crippen LogP contribution in [0, 0.1) is 5.82 Å². The average Bonchev–Trinajstić information content (AvgIpc) is 3.27. The third-order valence-electron chi connectivity index (χ3n) is 7.33. The van der Waals surface area contributed by atoms with E-state index in [-0.39, 0.29) is 11.8 Å². The largest absolute Gasteiger partial charge is 0.355 e. The number of piperidine rings is 1. The Balaban J connectivity index is 1.67. The number of fused-ring (bicyclic) bond motifs is 2. The number of carbonyl (C=O) groups is 2. The van der Waals surface area contributed by atoms with E-state index < -0.39 is 11.2 Å². The molecule has 5 rings (SSSR count). The molecule has 2 aliphatic rings. The maximum atomic E-state index is 15.0. The number of anilines is 2. The Bertz CT molecular complexity index is 1360. The molecule has 0 saturated carbocycles. The topological polar surface area (TPSA) is 90.1 Å². The van der Waals surface area contributed by atoms with Crippen molar-refractivity contribution in [1.29, 1.82) is 0 Å². The molecular formula is C27H27ClFN5O2. The summed E-state index contributed by atoms with van der Waals surface area (Å²) in [5.41, 5.74) is 3.73. The Kier molecular flexibility index (Phi) is 6.30. The molecule has 1 saturated heterocycles. The van der Waals surface area contributed by atoms with Gasteiger partial charge in [0.25, 0.3) is 5.91 Å². The Hall–Kier alpha value is -3.65. The van der Waals surface area contributed by atoms with E-state index in [9.17, 15) is 14.0 Å². The van der Waals surface area contributed by atoms with Crippen molar-refractivity contribution >= 4 is 34.8 Å². The Morgan fingerprint density at radius 3 is 2.81 bits per heavy atom. The molecule has 0 radical (unpaired) electrons. The standard InChI is InChI=1S/C27H27ClFN5O2/c1-3-16-18(28)6-5-7-20(16)32-24-22-25(33-23(24)17-8-11-30-14-19(17)29)27(15-31-26(22)36)9-12-34(13-10-27)21(35)4-2/h4-8,11,14,32-33H,2-3,9-10,12-13,15H2,1H3,(H,31,36). The van der Waals surface area contributed by atoms with Gasteiger partial charge in [-0.2, -0.15) is 0 Å². The van der Waals surface area contributed by atoms with Gasteiger partial charge >= 0.3 is 0 Å². The van der Waals surface area contributed by atoms with Gasteiger partial charge in [-0.1, -0.05) is 31.2 Å². The van der Waals surface area contributed by atoms with Gasteiger partial charge in [-0.05, 0) is 49.1 Å². The fraction of sp³-hybridized carbons (Fsp3) is 0.296. The van der Waals surface area contributed by atoms with E-state index in [0.29, 0.717) is 66.4 Å². The zero-order valence-corrected chi connectivity index (χ0v) is 20.7. The lowest BCUT2D eigenvalue weighted by Gasteiger charge is -2.43. The highest BCUT2D eigenvalue weighted by atomic mass is 35.5. The highest BCUT2D eigenvalue weighted by molar-refractivity contribution is 6.31. The van der Waals surface area contributed by atoms with E-state index in [2.05, 4.69) is 27.2 Å². The highest BCUT2D eigenvalue weighted by Gasteiger charge is 2.46. The second-order valence-electron chi connectivity index (χ2n) is 9.22. The minimum absolute atomic E-state index is 0.105. The van der Waals surface area contributed by atoms with E-state index >= 15 is 0 Å². The molecule has 3 aromatic rings. The fourth-order valence-electron chi connectivity index (χ4n) is 5.34. The number of carbonyl (C=O) groups excluding carboxylic acids is 2. The van der Waals surface area contributed by atoms with Crippen LogP contribution in [0.2, 0.25) is 5.02 Å². The highest BCUT2D eigenvalue weighted by Crippen LogP contribution is 2.46. The molecule has 0 aliphatic carbocycles. The zero-order valence-electron chi connectivity index (χ0n) is 20.0. The lowest BCUT2D eigenvalue weighted by Crippen LogP contribution is -2.53. The average molecular weight is 508 g/mol. The molecule has 1 aromatic carbocycles. The molecular weight excluding hydrogens is 481 g/mol. The van der Waals surface area contributed by atoms with Crippen molar-refractivity contribution in [2.45, 2.75) is 31.6 Å². The molecule has 1 spiro atoms. The first-order valence-electron chi connectivity index (χ1n) is 12.0.